The monoisotopic (exact) mass is 698 g/mol. The maximum atomic E-state index is 12.6. The molecule has 0 aromatic carbocycles. The highest BCUT2D eigenvalue weighted by Gasteiger charge is 2.27. The first-order valence-electron chi connectivity index (χ1n) is 18.4. The number of ether oxygens (including phenoxy) is 2. The molecule has 0 saturated carbocycles. The van der Waals surface area contributed by atoms with Gasteiger partial charge in [0.15, 0.2) is 6.10 Å². The van der Waals surface area contributed by atoms with Gasteiger partial charge in [0.2, 0.25) is 0 Å². The lowest BCUT2D eigenvalue weighted by Gasteiger charge is -2.24. The average Bonchev–Trinajstić information content (AvgIpc) is 3.02. The van der Waals surface area contributed by atoms with Crippen LogP contribution < -0.4 is 0 Å². The number of allylic oxidation sites excluding steroid dienone is 8. The lowest BCUT2D eigenvalue weighted by atomic mass is 10.1. The summed E-state index contributed by atoms with van der Waals surface area (Å²) in [5.41, 5.74) is 0. The number of nitrogens with zero attached hydrogens (tertiary/aromatic N) is 1. The second-order valence-electron chi connectivity index (χ2n) is 13.2. The number of likely N-dealkylation sites (N-methyl/N-ethyl adjacent to an activating group) is 1. The highest BCUT2D eigenvalue weighted by molar-refractivity contribution is 7.47. The van der Waals surface area contributed by atoms with Gasteiger partial charge in [-0.25, -0.2) is 4.57 Å². The van der Waals surface area contributed by atoms with Crippen LogP contribution >= 0.6 is 7.82 Å². The third-order valence-corrected chi connectivity index (χ3v) is 8.36. The fourth-order valence-corrected chi connectivity index (χ4v) is 5.21. The number of esters is 2. The number of hydrogen-bond donors (Lipinski definition) is 1. The Morgan fingerprint density at radius 2 is 1.19 bits per heavy atom. The number of carbonyl (C=O) groups is 2. The van der Waals surface area contributed by atoms with E-state index in [4.69, 9.17) is 18.5 Å². The Balaban J connectivity index is 4.33. The van der Waals surface area contributed by atoms with Crippen LogP contribution in [0.25, 0.3) is 0 Å². The van der Waals surface area contributed by atoms with Crippen molar-refractivity contribution in [2.45, 2.75) is 136 Å². The summed E-state index contributed by atoms with van der Waals surface area (Å²) in [6, 6.07) is 0. The van der Waals surface area contributed by atoms with Crippen LogP contribution in [-0.4, -0.2) is 74.9 Å². The molecule has 9 nitrogen and oxygen atoms in total. The maximum absolute atomic E-state index is 12.6. The van der Waals surface area contributed by atoms with E-state index in [1.807, 2.05) is 21.1 Å². The summed E-state index contributed by atoms with van der Waals surface area (Å²) in [6.45, 7) is 4.16. The van der Waals surface area contributed by atoms with Gasteiger partial charge in [-0.2, -0.15) is 0 Å². The highest BCUT2D eigenvalue weighted by atomic mass is 31.2. The minimum atomic E-state index is -4.36. The van der Waals surface area contributed by atoms with E-state index >= 15 is 0 Å². The second kappa shape index (κ2) is 31.0. The van der Waals surface area contributed by atoms with Gasteiger partial charge in [0.1, 0.15) is 19.8 Å². The van der Waals surface area contributed by atoms with Gasteiger partial charge in [0.25, 0.3) is 0 Å². The fourth-order valence-electron chi connectivity index (χ4n) is 4.47. The summed E-state index contributed by atoms with van der Waals surface area (Å²) >= 11 is 0. The minimum absolute atomic E-state index is 0.0270. The summed E-state index contributed by atoms with van der Waals surface area (Å²) < 4.78 is 33.9. The van der Waals surface area contributed by atoms with Crippen molar-refractivity contribution in [1.29, 1.82) is 0 Å². The first-order valence-corrected chi connectivity index (χ1v) is 19.9. The number of quaternary nitrogens is 1. The maximum Gasteiger partial charge on any atom is 0.472 e. The highest BCUT2D eigenvalue weighted by Crippen LogP contribution is 2.43. The van der Waals surface area contributed by atoms with E-state index in [0.29, 0.717) is 17.4 Å². The molecule has 0 aliphatic rings. The summed E-state index contributed by atoms with van der Waals surface area (Å²) in [4.78, 5) is 34.9. The van der Waals surface area contributed by atoms with Gasteiger partial charge in [0, 0.05) is 12.8 Å². The molecule has 0 bridgehead atoms. The molecule has 48 heavy (non-hydrogen) atoms. The molecular weight excluding hydrogens is 629 g/mol. The Labute approximate surface area is 293 Å². The van der Waals surface area contributed by atoms with E-state index in [1.165, 1.54) is 0 Å². The number of phosphoric acid groups is 1. The Kier molecular flexibility index (Phi) is 29.7. The van der Waals surface area contributed by atoms with Crippen molar-refractivity contribution in [3.8, 4) is 0 Å². The van der Waals surface area contributed by atoms with Crippen LogP contribution in [0.1, 0.15) is 129 Å². The Morgan fingerprint density at radius 3 is 1.77 bits per heavy atom. The van der Waals surface area contributed by atoms with E-state index in [-0.39, 0.29) is 32.0 Å². The molecule has 0 rings (SSSR count). The van der Waals surface area contributed by atoms with Crippen molar-refractivity contribution < 1.29 is 42.1 Å². The van der Waals surface area contributed by atoms with Gasteiger partial charge in [0.05, 0.1) is 27.7 Å². The molecule has 2 atom stereocenters. The van der Waals surface area contributed by atoms with Crippen LogP contribution in [0.5, 0.6) is 0 Å². The van der Waals surface area contributed by atoms with E-state index in [1.54, 1.807) is 0 Å². The lowest BCUT2D eigenvalue weighted by Crippen LogP contribution is -2.37. The molecule has 0 fully saturated rings. The zero-order valence-corrected chi connectivity index (χ0v) is 31.8. The fraction of sp³-hybridized carbons (Fsp3) is 0.737. The van der Waals surface area contributed by atoms with Gasteiger partial charge in [-0.05, 0) is 51.4 Å². The number of phosphoric ester groups is 1. The van der Waals surface area contributed by atoms with Crippen molar-refractivity contribution in [2.24, 2.45) is 0 Å². The van der Waals surface area contributed by atoms with Crippen molar-refractivity contribution in [1.82, 2.24) is 0 Å². The van der Waals surface area contributed by atoms with Crippen LogP contribution in [-0.2, 0) is 32.7 Å². The molecule has 10 heteroatoms. The molecule has 2 unspecified atom stereocenters. The van der Waals surface area contributed by atoms with Crippen LogP contribution in [0.2, 0.25) is 0 Å². The largest absolute Gasteiger partial charge is 0.472 e. The van der Waals surface area contributed by atoms with Crippen molar-refractivity contribution in [3.05, 3.63) is 48.6 Å². The Hall–Kier alpha value is -2.03. The standard InChI is InChI=1S/C38H68NO8P/c1-6-8-10-12-13-14-15-16-17-18-19-20-21-22-23-24-25-27-29-31-38(41)47-36(34-44-37(40)30-28-26-11-9-7-2)35-46-48(42,43)45-33-32-39(3,4)5/h8,10,13-14,16-17,19-20,36H,6-7,9,11-12,15,18,21-35H2,1-5H3/p+1/b10-8-,14-13-,17-16-,20-19-. The lowest BCUT2D eigenvalue weighted by molar-refractivity contribution is -0.870. The first-order chi connectivity index (χ1) is 23.0. The molecule has 0 amide bonds. The van der Waals surface area contributed by atoms with Crippen LogP contribution in [0.3, 0.4) is 0 Å². The second-order valence-corrected chi connectivity index (χ2v) is 14.7. The topological polar surface area (TPSA) is 108 Å². The third-order valence-electron chi connectivity index (χ3n) is 7.37. The van der Waals surface area contributed by atoms with Crippen molar-refractivity contribution in [2.75, 3.05) is 47.5 Å². The van der Waals surface area contributed by atoms with Gasteiger partial charge < -0.3 is 18.9 Å². The SMILES string of the molecule is CC/C=C\C/C=C\C/C=C\C/C=C\CCCCCCCCC(=O)OC(COC(=O)CCCCCCC)COP(=O)(O)OCC[N+](C)(C)C. The summed E-state index contributed by atoms with van der Waals surface area (Å²) in [5.74, 6) is -0.835. The number of hydrogen-bond acceptors (Lipinski definition) is 7. The van der Waals surface area contributed by atoms with Gasteiger partial charge in [-0.1, -0.05) is 114 Å². The van der Waals surface area contributed by atoms with E-state index in [9.17, 15) is 19.0 Å². The molecule has 0 heterocycles. The van der Waals surface area contributed by atoms with E-state index in [0.717, 1.165) is 96.3 Å². The Morgan fingerprint density at radius 1 is 0.667 bits per heavy atom. The predicted molar refractivity (Wildman–Crippen MR) is 196 cm³/mol. The van der Waals surface area contributed by atoms with Gasteiger partial charge >= 0.3 is 19.8 Å². The summed E-state index contributed by atoms with van der Waals surface area (Å²) in [7, 11) is 1.45. The third kappa shape index (κ3) is 33.9. The first kappa shape index (κ1) is 46.0. The van der Waals surface area contributed by atoms with Crippen LogP contribution in [0.4, 0.5) is 0 Å². The quantitative estimate of drug-likeness (QED) is 0.0243. The molecule has 278 valence electrons. The predicted octanol–water partition coefficient (Wildman–Crippen LogP) is 9.57. The number of rotatable bonds is 32. The van der Waals surface area contributed by atoms with Crippen LogP contribution in [0.15, 0.2) is 48.6 Å². The normalized spacial score (nSPS) is 14.4. The number of unbranched alkanes of at least 4 members (excludes halogenated alkanes) is 10. The molecular formula is C38H69NO8P+. The average molecular weight is 699 g/mol. The van der Waals surface area contributed by atoms with Crippen molar-refractivity contribution in [3.63, 3.8) is 0 Å². The number of carbonyl (C=O) groups excluding carboxylic acids is 2. The smallest absolute Gasteiger partial charge is 0.462 e. The summed E-state index contributed by atoms with van der Waals surface area (Å²) in [6.07, 6.45) is 33.4. The Bertz CT molecular complexity index is 970. The minimum Gasteiger partial charge on any atom is -0.462 e. The zero-order chi connectivity index (χ0) is 35.8. The van der Waals surface area contributed by atoms with Crippen LogP contribution in [0, 0.1) is 0 Å². The van der Waals surface area contributed by atoms with E-state index < -0.39 is 26.5 Å². The molecule has 0 aliphatic heterocycles. The van der Waals surface area contributed by atoms with Gasteiger partial charge in [-0.15, -0.1) is 0 Å². The van der Waals surface area contributed by atoms with Gasteiger partial charge in [-0.3, -0.25) is 18.6 Å². The molecule has 0 aromatic heterocycles. The van der Waals surface area contributed by atoms with E-state index in [2.05, 4.69) is 62.5 Å². The van der Waals surface area contributed by atoms with Crippen molar-refractivity contribution >= 4 is 19.8 Å². The molecule has 0 aliphatic carbocycles. The molecule has 0 aromatic rings. The zero-order valence-electron chi connectivity index (χ0n) is 31.0. The molecule has 0 spiro atoms. The summed E-state index contributed by atoms with van der Waals surface area (Å²) in [5, 5.41) is 0. The molecule has 0 saturated heterocycles. The molecule has 0 radical (unpaired) electrons. The molecule has 1 N–H and O–H groups in total.